The number of hydrogen-bond donors (Lipinski definition) is 2. The standard InChI is InChI=1S/C23H26N4O2S2/c1-14-6-11-18(15(2)12-14)24-19(28)13-30-22-27-26-21(31-22)25-20(29)16-7-9-17(10-8-16)23(3,4)5/h6-12H,13H2,1-5H3,(H,24,28)(H,25,26,29). The van der Waals surface area contributed by atoms with Gasteiger partial charge in [0.1, 0.15) is 0 Å². The van der Waals surface area contributed by atoms with Crippen LogP contribution in [-0.2, 0) is 10.2 Å². The molecule has 0 fully saturated rings. The number of anilines is 2. The molecule has 0 bridgehead atoms. The number of hydrogen-bond acceptors (Lipinski definition) is 6. The molecular weight excluding hydrogens is 428 g/mol. The predicted octanol–water partition coefficient (Wildman–Crippen LogP) is 5.44. The Kier molecular flexibility index (Phi) is 7.12. The second-order valence-electron chi connectivity index (χ2n) is 8.31. The van der Waals surface area contributed by atoms with Crippen LogP contribution in [0.15, 0.2) is 46.8 Å². The van der Waals surface area contributed by atoms with Crippen LogP contribution in [0.3, 0.4) is 0 Å². The molecule has 2 N–H and O–H groups in total. The van der Waals surface area contributed by atoms with Gasteiger partial charge in [0, 0.05) is 11.3 Å². The summed E-state index contributed by atoms with van der Waals surface area (Å²) < 4.78 is 0.620. The number of carbonyl (C=O) groups excluding carboxylic acids is 2. The van der Waals surface area contributed by atoms with Crippen molar-refractivity contribution >= 4 is 45.7 Å². The van der Waals surface area contributed by atoms with Gasteiger partial charge < -0.3 is 5.32 Å². The van der Waals surface area contributed by atoms with Gasteiger partial charge in [-0.05, 0) is 48.6 Å². The molecule has 8 heteroatoms. The lowest BCUT2D eigenvalue weighted by Gasteiger charge is -2.18. The maximum atomic E-state index is 12.5. The fourth-order valence-corrected chi connectivity index (χ4v) is 4.42. The van der Waals surface area contributed by atoms with E-state index in [9.17, 15) is 9.59 Å². The van der Waals surface area contributed by atoms with Crippen molar-refractivity contribution in [1.82, 2.24) is 10.2 Å². The van der Waals surface area contributed by atoms with Gasteiger partial charge in [-0.2, -0.15) is 0 Å². The summed E-state index contributed by atoms with van der Waals surface area (Å²) in [6.45, 7) is 10.4. The summed E-state index contributed by atoms with van der Waals surface area (Å²) in [5.41, 5.74) is 4.74. The van der Waals surface area contributed by atoms with E-state index in [2.05, 4.69) is 41.6 Å². The molecule has 162 valence electrons. The van der Waals surface area contributed by atoms with Crippen molar-refractivity contribution in [2.75, 3.05) is 16.4 Å². The molecule has 0 saturated carbocycles. The Morgan fingerprint density at radius 1 is 1.00 bits per heavy atom. The van der Waals surface area contributed by atoms with Crippen LogP contribution in [0.5, 0.6) is 0 Å². The fourth-order valence-electron chi connectivity index (χ4n) is 2.88. The molecule has 0 aliphatic heterocycles. The van der Waals surface area contributed by atoms with E-state index in [4.69, 9.17) is 0 Å². The van der Waals surface area contributed by atoms with Crippen LogP contribution in [0.4, 0.5) is 10.8 Å². The molecule has 1 aromatic heterocycles. The smallest absolute Gasteiger partial charge is 0.257 e. The van der Waals surface area contributed by atoms with Crippen molar-refractivity contribution in [2.45, 2.75) is 44.4 Å². The topological polar surface area (TPSA) is 84.0 Å². The van der Waals surface area contributed by atoms with Crippen LogP contribution >= 0.6 is 23.1 Å². The van der Waals surface area contributed by atoms with E-state index in [1.54, 1.807) is 0 Å². The number of thioether (sulfide) groups is 1. The summed E-state index contributed by atoms with van der Waals surface area (Å²) >= 11 is 2.53. The monoisotopic (exact) mass is 454 g/mol. The number of carbonyl (C=O) groups is 2. The second kappa shape index (κ2) is 9.62. The van der Waals surface area contributed by atoms with Gasteiger partial charge >= 0.3 is 0 Å². The first-order valence-electron chi connectivity index (χ1n) is 9.87. The average Bonchev–Trinajstić information content (AvgIpc) is 3.15. The molecule has 0 atom stereocenters. The third-order valence-corrected chi connectivity index (χ3v) is 6.59. The van der Waals surface area contributed by atoms with Crippen molar-refractivity contribution in [3.63, 3.8) is 0 Å². The molecule has 2 amide bonds. The Balaban J connectivity index is 1.53. The third-order valence-electron chi connectivity index (χ3n) is 4.62. The van der Waals surface area contributed by atoms with Crippen LogP contribution in [0.2, 0.25) is 0 Å². The minimum atomic E-state index is -0.235. The Morgan fingerprint density at radius 3 is 2.35 bits per heavy atom. The van der Waals surface area contributed by atoms with Gasteiger partial charge in [0.15, 0.2) is 4.34 Å². The first-order chi connectivity index (χ1) is 14.6. The number of aromatic nitrogens is 2. The summed E-state index contributed by atoms with van der Waals surface area (Å²) in [5.74, 6) is -0.137. The summed E-state index contributed by atoms with van der Waals surface area (Å²) in [6, 6.07) is 13.4. The highest BCUT2D eigenvalue weighted by Gasteiger charge is 2.16. The van der Waals surface area contributed by atoms with Gasteiger partial charge in [-0.15, -0.1) is 10.2 Å². The van der Waals surface area contributed by atoms with Gasteiger partial charge in [0.2, 0.25) is 11.0 Å². The summed E-state index contributed by atoms with van der Waals surface area (Å²) in [7, 11) is 0. The highest BCUT2D eigenvalue weighted by molar-refractivity contribution is 8.01. The fraction of sp³-hybridized carbons (Fsp3) is 0.304. The zero-order valence-electron chi connectivity index (χ0n) is 18.3. The maximum Gasteiger partial charge on any atom is 0.257 e. The number of amides is 2. The highest BCUT2D eigenvalue weighted by Crippen LogP contribution is 2.27. The molecule has 31 heavy (non-hydrogen) atoms. The lowest BCUT2D eigenvalue weighted by atomic mass is 9.87. The van der Waals surface area contributed by atoms with Crippen LogP contribution in [0, 0.1) is 13.8 Å². The van der Waals surface area contributed by atoms with Crippen LogP contribution in [-0.4, -0.2) is 27.8 Å². The second-order valence-corrected chi connectivity index (χ2v) is 10.5. The molecule has 0 saturated heterocycles. The van der Waals surface area contributed by atoms with Gasteiger partial charge in [0.25, 0.3) is 5.91 Å². The van der Waals surface area contributed by atoms with E-state index in [1.165, 1.54) is 23.1 Å². The van der Waals surface area contributed by atoms with E-state index in [0.29, 0.717) is 15.0 Å². The largest absolute Gasteiger partial charge is 0.325 e. The Morgan fingerprint density at radius 2 is 1.71 bits per heavy atom. The molecule has 3 aromatic rings. The lowest BCUT2D eigenvalue weighted by molar-refractivity contribution is -0.113. The van der Waals surface area contributed by atoms with Crippen LogP contribution in [0.1, 0.15) is 47.8 Å². The summed E-state index contributed by atoms with van der Waals surface area (Å²) in [5, 5.41) is 14.1. The Bertz CT molecular complexity index is 1090. The van der Waals surface area contributed by atoms with Gasteiger partial charge in [0.05, 0.1) is 5.75 Å². The predicted molar refractivity (Wildman–Crippen MR) is 128 cm³/mol. The van der Waals surface area contributed by atoms with Crippen molar-refractivity contribution in [3.8, 4) is 0 Å². The maximum absolute atomic E-state index is 12.5. The molecular formula is C23H26N4O2S2. The SMILES string of the molecule is Cc1ccc(NC(=O)CSc2nnc(NC(=O)c3ccc(C(C)(C)C)cc3)s2)c(C)c1. The van der Waals surface area contributed by atoms with Crippen LogP contribution in [0.25, 0.3) is 0 Å². The van der Waals surface area contributed by atoms with E-state index in [1.807, 2.05) is 56.3 Å². The molecule has 0 unspecified atom stereocenters. The molecule has 0 aliphatic rings. The third kappa shape index (κ3) is 6.38. The minimum absolute atomic E-state index is 0.0325. The molecule has 0 spiro atoms. The van der Waals surface area contributed by atoms with Crippen molar-refractivity contribution < 1.29 is 9.59 Å². The highest BCUT2D eigenvalue weighted by atomic mass is 32.2. The zero-order chi connectivity index (χ0) is 22.6. The zero-order valence-corrected chi connectivity index (χ0v) is 19.9. The molecule has 1 heterocycles. The summed E-state index contributed by atoms with van der Waals surface area (Å²) in [4.78, 5) is 24.7. The molecule has 2 aromatic carbocycles. The number of nitrogens with one attached hydrogen (secondary N) is 2. The Labute approximate surface area is 190 Å². The molecule has 6 nitrogen and oxygen atoms in total. The quantitative estimate of drug-likeness (QED) is 0.383. The number of benzene rings is 2. The lowest BCUT2D eigenvalue weighted by Crippen LogP contribution is -2.14. The van der Waals surface area contributed by atoms with Crippen LogP contribution < -0.4 is 10.6 Å². The molecule has 0 radical (unpaired) electrons. The van der Waals surface area contributed by atoms with Crippen molar-refractivity contribution in [1.29, 1.82) is 0 Å². The van der Waals surface area contributed by atoms with E-state index in [0.717, 1.165) is 22.4 Å². The van der Waals surface area contributed by atoms with Crippen molar-refractivity contribution in [3.05, 3.63) is 64.7 Å². The number of aryl methyl sites for hydroxylation is 2. The van der Waals surface area contributed by atoms with E-state index >= 15 is 0 Å². The Hall–Kier alpha value is -2.71. The van der Waals surface area contributed by atoms with E-state index < -0.39 is 0 Å². The van der Waals surface area contributed by atoms with Gasteiger partial charge in [-0.3, -0.25) is 14.9 Å². The first-order valence-corrected chi connectivity index (χ1v) is 11.7. The van der Waals surface area contributed by atoms with Gasteiger partial charge in [-0.25, -0.2) is 0 Å². The minimum Gasteiger partial charge on any atom is -0.325 e. The average molecular weight is 455 g/mol. The summed E-state index contributed by atoms with van der Waals surface area (Å²) in [6.07, 6.45) is 0. The number of nitrogens with zero attached hydrogens (tertiary/aromatic N) is 2. The molecule has 3 rings (SSSR count). The molecule has 0 aliphatic carbocycles. The van der Waals surface area contributed by atoms with Gasteiger partial charge in [-0.1, -0.05) is 73.7 Å². The number of rotatable bonds is 6. The van der Waals surface area contributed by atoms with E-state index in [-0.39, 0.29) is 23.0 Å². The van der Waals surface area contributed by atoms with Crippen molar-refractivity contribution in [2.24, 2.45) is 0 Å². The first kappa shape index (κ1) is 23.0. The normalized spacial score (nSPS) is 11.3.